The number of benzene rings is 1. The predicted molar refractivity (Wildman–Crippen MR) is 90.0 cm³/mol. The van der Waals surface area contributed by atoms with Gasteiger partial charge in [0.05, 0.1) is 22.0 Å². The zero-order valence-corrected chi connectivity index (χ0v) is 13.9. The zero-order chi connectivity index (χ0) is 16.6. The Morgan fingerprint density at radius 2 is 2.17 bits per heavy atom. The lowest BCUT2D eigenvalue weighted by atomic mass is 10.1. The van der Waals surface area contributed by atoms with Crippen molar-refractivity contribution in [3.8, 4) is 0 Å². The summed E-state index contributed by atoms with van der Waals surface area (Å²) < 4.78 is 27.1. The number of fused-ring (bicyclic) bond motifs is 1. The van der Waals surface area contributed by atoms with Gasteiger partial charge in [0.15, 0.2) is 5.84 Å². The fraction of sp³-hybridized carbons (Fsp3) is 0.200. The summed E-state index contributed by atoms with van der Waals surface area (Å²) in [5, 5.41) is 3.11. The Morgan fingerprint density at radius 1 is 1.39 bits per heavy atom. The maximum atomic E-state index is 12.5. The lowest BCUT2D eigenvalue weighted by Gasteiger charge is -2.28. The van der Waals surface area contributed by atoms with Gasteiger partial charge in [-0.15, -0.1) is 4.40 Å². The third kappa shape index (κ3) is 3.30. The number of anilines is 1. The van der Waals surface area contributed by atoms with Crippen LogP contribution in [0.4, 0.5) is 5.69 Å². The standard InChI is InChI=1S/C15H14ClN3O3S/c1-10-4-5-13(12(16)9-10)17-15(20)11-3-2-6-19-7-8-23(21,22)18-14(11)19/h2-6,9H,7-8H2,1H3,(H,17,20). The number of amides is 1. The number of rotatable bonds is 2. The SMILES string of the molecule is Cc1ccc(NC(=O)C2=CC=CN3CCS(=O)(=O)N=C23)c(Cl)c1. The molecule has 0 unspecified atom stereocenters. The number of amidine groups is 1. The molecule has 2 aliphatic heterocycles. The van der Waals surface area contributed by atoms with E-state index in [9.17, 15) is 13.2 Å². The van der Waals surface area contributed by atoms with Crippen LogP contribution in [0.25, 0.3) is 0 Å². The number of carbonyl (C=O) groups excluding carboxylic acids is 1. The molecule has 0 atom stereocenters. The monoisotopic (exact) mass is 351 g/mol. The summed E-state index contributed by atoms with van der Waals surface area (Å²) in [5.41, 5.74) is 1.62. The fourth-order valence-electron chi connectivity index (χ4n) is 2.30. The van der Waals surface area contributed by atoms with Crippen LogP contribution in [0.15, 0.2) is 46.5 Å². The first-order valence-corrected chi connectivity index (χ1v) is 8.90. The van der Waals surface area contributed by atoms with Gasteiger partial charge in [0.2, 0.25) is 0 Å². The number of aryl methyl sites for hydroxylation is 1. The van der Waals surface area contributed by atoms with Crippen molar-refractivity contribution in [2.45, 2.75) is 6.92 Å². The lowest BCUT2D eigenvalue weighted by Crippen LogP contribution is -2.40. The van der Waals surface area contributed by atoms with Gasteiger partial charge in [-0.1, -0.05) is 17.7 Å². The first-order valence-electron chi connectivity index (χ1n) is 6.91. The molecule has 1 amide bonds. The summed E-state index contributed by atoms with van der Waals surface area (Å²) >= 11 is 6.11. The number of carbonyl (C=O) groups is 1. The molecule has 3 rings (SSSR count). The van der Waals surface area contributed by atoms with Gasteiger partial charge in [-0.05, 0) is 36.8 Å². The van der Waals surface area contributed by atoms with E-state index < -0.39 is 15.9 Å². The van der Waals surface area contributed by atoms with Gasteiger partial charge in [-0.25, -0.2) is 8.42 Å². The van der Waals surface area contributed by atoms with E-state index in [4.69, 9.17) is 11.6 Å². The second-order valence-electron chi connectivity index (χ2n) is 5.25. The number of nitrogens with zero attached hydrogens (tertiary/aromatic N) is 2. The Labute approximate surface area is 139 Å². The molecule has 1 aromatic rings. The Bertz CT molecular complexity index is 872. The summed E-state index contributed by atoms with van der Waals surface area (Å²) in [4.78, 5) is 14.1. The predicted octanol–water partition coefficient (Wildman–Crippen LogP) is 2.08. The van der Waals surface area contributed by atoms with Crippen molar-refractivity contribution in [2.75, 3.05) is 17.6 Å². The van der Waals surface area contributed by atoms with Crippen molar-refractivity contribution >= 4 is 39.1 Å². The second kappa shape index (κ2) is 5.82. The first kappa shape index (κ1) is 15.8. The van der Waals surface area contributed by atoms with Gasteiger partial charge >= 0.3 is 0 Å². The summed E-state index contributed by atoms with van der Waals surface area (Å²) in [5.74, 6) is -0.389. The van der Waals surface area contributed by atoms with Crippen LogP contribution in [0.3, 0.4) is 0 Å². The van der Waals surface area contributed by atoms with Crippen molar-refractivity contribution in [2.24, 2.45) is 4.40 Å². The molecule has 1 N–H and O–H groups in total. The maximum Gasteiger partial charge on any atom is 0.259 e. The molecule has 1 aromatic carbocycles. The van der Waals surface area contributed by atoms with E-state index in [2.05, 4.69) is 9.71 Å². The Balaban J connectivity index is 1.91. The van der Waals surface area contributed by atoms with Crippen LogP contribution in [0, 0.1) is 6.92 Å². The van der Waals surface area contributed by atoms with E-state index >= 15 is 0 Å². The van der Waals surface area contributed by atoms with E-state index in [-0.39, 0.29) is 23.7 Å². The molecule has 0 aromatic heterocycles. The third-order valence-electron chi connectivity index (χ3n) is 3.47. The van der Waals surface area contributed by atoms with Crippen molar-refractivity contribution in [3.05, 3.63) is 52.7 Å². The largest absolute Gasteiger partial charge is 0.331 e. The Kier molecular flexibility index (Phi) is 3.99. The maximum absolute atomic E-state index is 12.5. The average Bonchev–Trinajstić information content (AvgIpc) is 2.48. The number of nitrogens with one attached hydrogen (secondary N) is 1. The van der Waals surface area contributed by atoms with E-state index in [0.717, 1.165) is 5.56 Å². The topological polar surface area (TPSA) is 78.8 Å². The fourth-order valence-corrected chi connectivity index (χ4v) is 3.57. The second-order valence-corrected chi connectivity index (χ2v) is 7.42. The molecular weight excluding hydrogens is 338 g/mol. The van der Waals surface area contributed by atoms with Crippen molar-refractivity contribution in [1.82, 2.24) is 4.90 Å². The van der Waals surface area contributed by atoms with Gasteiger partial charge in [0, 0.05) is 12.7 Å². The highest BCUT2D eigenvalue weighted by atomic mass is 35.5. The third-order valence-corrected chi connectivity index (χ3v) is 4.94. The zero-order valence-electron chi connectivity index (χ0n) is 12.3. The van der Waals surface area contributed by atoms with Crippen LogP contribution in [-0.2, 0) is 14.8 Å². The minimum atomic E-state index is -3.54. The Hall–Kier alpha value is -2.12. The van der Waals surface area contributed by atoms with E-state index in [1.54, 1.807) is 29.3 Å². The minimum absolute atomic E-state index is 0.0699. The van der Waals surface area contributed by atoms with Gasteiger partial charge in [-0.3, -0.25) is 4.79 Å². The van der Waals surface area contributed by atoms with E-state index in [1.807, 2.05) is 13.0 Å². The van der Waals surface area contributed by atoms with Crippen molar-refractivity contribution < 1.29 is 13.2 Å². The first-order chi connectivity index (χ1) is 10.9. The normalized spacial score (nSPS) is 18.8. The van der Waals surface area contributed by atoms with E-state index in [1.165, 1.54) is 6.08 Å². The molecule has 0 saturated carbocycles. The number of hydrogen-bond acceptors (Lipinski definition) is 4. The van der Waals surface area contributed by atoms with Crippen LogP contribution in [0.5, 0.6) is 0 Å². The molecule has 0 radical (unpaired) electrons. The van der Waals surface area contributed by atoms with Crippen LogP contribution in [0.2, 0.25) is 5.02 Å². The van der Waals surface area contributed by atoms with Gasteiger partial charge in [0.1, 0.15) is 0 Å². The average molecular weight is 352 g/mol. The van der Waals surface area contributed by atoms with Gasteiger partial charge < -0.3 is 10.2 Å². The molecule has 0 saturated heterocycles. The Morgan fingerprint density at radius 3 is 2.91 bits per heavy atom. The van der Waals surface area contributed by atoms with Gasteiger partial charge in [-0.2, -0.15) is 0 Å². The van der Waals surface area contributed by atoms with E-state index in [0.29, 0.717) is 10.7 Å². The molecule has 8 heteroatoms. The highest BCUT2D eigenvalue weighted by molar-refractivity contribution is 7.90. The summed E-state index contributed by atoms with van der Waals surface area (Å²) in [6.45, 7) is 2.17. The summed E-state index contributed by atoms with van der Waals surface area (Å²) in [6.07, 6.45) is 4.92. The van der Waals surface area contributed by atoms with Crippen LogP contribution in [-0.4, -0.2) is 37.4 Å². The number of hydrogen-bond donors (Lipinski definition) is 1. The highest BCUT2D eigenvalue weighted by Gasteiger charge is 2.30. The minimum Gasteiger partial charge on any atom is -0.331 e. The molecule has 6 nitrogen and oxygen atoms in total. The smallest absolute Gasteiger partial charge is 0.259 e. The van der Waals surface area contributed by atoms with Gasteiger partial charge in [0.25, 0.3) is 15.9 Å². The lowest BCUT2D eigenvalue weighted by molar-refractivity contribution is -0.112. The summed E-state index contributed by atoms with van der Waals surface area (Å²) in [6, 6.07) is 5.26. The van der Waals surface area contributed by atoms with Crippen LogP contribution in [0.1, 0.15) is 5.56 Å². The molecule has 0 bridgehead atoms. The van der Waals surface area contributed by atoms with Crippen molar-refractivity contribution in [1.29, 1.82) is 0 Å². The molecule has 0 spiro atoms. The number of sulfonamides is 1. The highest BCUT2D eigenvalue weighted by Crippen LogP contribution is 2.24. The van der Waals surface area contributed by atoms with Crippen molar-refractivity contribution in [3.63, 3.8) is 0 Å². The summed E-state index contributed by atoms with van der Waals surface area (Å²) in [7, 11) is -3.54. The molecular formula is C15H14ClN3O3S. The molecule has 0 aliphatic carbocycles. The molecule has 2 heterocycles. The molecule has 0 fully saturated rings. The quantitative estimate of drug-likeness (QED) is 0.884. The number of halogens is 1. The number of allylic oxidation sites excluding steroid dienone is 2. The molecule has 120 valence electrons. The van der Waals surface area contributed by atoms with Crippen LogP contribution < -0.4 is 5.32 Å². The molecule has 2 aliphatic rings. The van der Waals surface area contributed by atoms with Crippen LogP contribution >= 0.6 is 11.6 Å². The molecule has 23 heavy (non-hydrogen) atoms.